The lowest BCUT2D eigenvalue weighted by molar-refractivity contribution is -0.298. The van der Waals surface area contributed by atoms with Crippen LogP contribution < -0.4 is 0 Å². The zero-order chi connectivity index (χ0) is 18.2. The van der Waals surface area contributed by atoms with Crippen LogP contribution in [0.5, 0.6) is 0 Å². The number of H-pyrrole nitrogens is 1. The fourth-order valence-electron chi connectivity index (χ4n) is 1.56. The highest BCUT2D eigenvalue weighted by Crippen LogP contribution is 2.25. The normalized spacial score (nSPS) is 13.4. The zero-order valence-corrected chi connectivity index (χ0v) is 12.1. The van der Waals surface area contributed by atoms with Crippen LogP contribution in [-0.4, -0.2) is 21.5 Å². The van der Waals surface area contributed by atoms with Gasteiger partial charge in [-0.3, -0.25) is 5.10 Å². The van der Waals surface area contributed by atoms with Crippen LogP contribution >= 0.6 is 0 Å². The topological polar surface area (TPSA) is 50.8 Å². The number of halogens is 6. The predicted octanol–water partition coefficient (Wildman–Crippen LogP) is 4.66. The fraction of sp³-hybridized carbons (Fsp3) is 0.286. The van der Waals surface area contributed by atoms with Crippen molar-refractivity contribution in [3.8, 4) is 0 Å². The number of nitrogens with one attached hydrogen (secondary N) is 1. The first-order valence-electron chi connectivity index (χ1n) is 6.46. The third kappa shape index (κ3) is 7.16. The number of allylic oxidation sites excluding steroid dienone is 2. The monoisotopic (exact) mass is 353 g/mol. The van der Waals surface area contributed by atoms with Crippen molar-refractivity contribution in [2.75, 3.05) is 0 Å². The summed E-state index contributed by atoms with van der Waals surface area (Å²) in [5.74, 6) is -1.89. The average Bonchev–Trinajstić information content (AvgIpc) is 2.57. The van der Waals surface area contributed by atoms with E-state index in [9.17, 15) is 26.3 Å². The molecule has 0 amide bonds. The summed E-state index contributed by atoms with van der Waals surface area (Å²) in [6.07, 6.45) is -4.55. The average molecular weight is 353 g/mol. The van der Waals surface area contributed by atoms with Gasteiger partial charge in [-0.1, -0.05) is 12.1 Å². The second-order valence-corrected chi connectivity index (χ2v) is 4.37. The summed E-state index contributed by atoms with van der Waals surface area (Å²) in [4.78, 5) is 3.30. The Balaban J connectivity index is 3.04. The van der Waals surface area contributed by atoms with E-state index in [-0.39, 0.29) is 6.42 Å². The van der Waals surface area contributed by atoms with Crippen LogP contribution in [0.1, 0.15) is 23.7 Å². The van der Waals surface area contributed by atoms with E-state index < -0.39 is 24.3 Å². The standard InChI is InChI=1S/C14H13F6N3O/c1-2-10(6-4-8-24-14(18,19)20)11-5-3-7-22-23-12(21-9-11)13(15,16)17/h2-5,7-10H,1,6H2,(H,21,23)/b5-3?,8-4+,11-9?,22-7?. The van der Waals surface area contributed by atoms with Gasteiger partial charge in [-0.25, -0.2) is 4.98 Å². The molecule has 0 aromatic carbocycles. The van der Waals surface area contributed by atoms with Gasteiger partial charge in [-0.05, 0) is 24.1 Å². The van der Waals surface area contributed by atoms with Crippen molar-refractivity contribution in [1.82, 2.24) is 15.2 Å². The first-order chi connectivity index (χ1) is 11.1. The summed E-state index contributed by atoms with van der Waals surface area (Å²) < 4.78 is 77.1. The van der Waals surface area contributed by atoms with Crippen molar-refractivity contribution >= 4 is 0 Å². The first kappa shape index (κ1) is 19.5. The van der Waals surface area contributed by atoms with Gasteiger partial charge >= 0.3 is 12.5 Å². The third-order valence-corrected chi connectivity index (χ3v) is 2.63. The summed E-state index contributed by atoms with van der Waals surface area (Å²) in [6, 6.07) is 2.79. The van der Waals surface area contributed by atoms with Crippen LogP contribution in [0.3, 0.4) is 0 Å². The molecule has 0 aliphatic carbocycles. The molecule has 0 aliphatic heterocycles. The minimum atomic E-state index is -4.80. The molecule has 1 atom stereocenters. The van der Waals surface area contributed by atoms with E-state index in [0.29, 0.717) is 11.8 Å². The predicted molar refractivity (Wildman–Crippen MR) is 72.8 cm³/mol. The molecule has 4 nitrogen and oxygen atoms in total. The van der Waals surface area contributed by atoms with Crippen molar-refractivity contribution < 1.29 is 31.1 Å². The number of alkyl halides is 6. The van der Waals surface area contributed by atoms with Gasteiger partial charge in [0.2, 0.25) is 5.82 Å². The summed E-state index contributed by atoms with van der Waals surface area (Å²) in [7, 11) is 0. The van der Waals surface area contributed by atoms with Crippen LogP contribution in [0.25, 0.3) is 0 Å². The van der Waals surface area contributed by atoms with Crippen molar-refractivity contribution in [3.63, 3.8) is 0 Å². The van der Waals surface area contributed by atoms with Gasteiger partial charge in [-0.15, -0.1) is 19.8 Å². The number of rotatable bonds is 5. The van der Waals surface area contributed by atoms with Gasteiger partial charge in [0.15, 0.2) is 0 Å². The number of hydrogen-bond acceptors (Lipinski definition) is 3. The number of aromatic amines is 1. The van der Waals surface area contributed by atoms with E-state index in [1.165, 1.54) is 18.2 Å². The second kappa shape index (κ2) is 8.37. The van der Waals surface area contributed by atoms with Crippen molar-refractivity contribution in [1.29, 1.82) is 0 Å². The molecule has 0 aliphatic rings. The highest BCUT2D eigenvalue weighted by atomic mass is 19.4. The van der Waals surface area contributed by atoms with E-state index in [1.807, 2.05) is 0 Å². The Morgan fingerprint density at radius 1 is 1.25 bits per heavy atom. The highest BCUT2D eigenvalue weighted by molar-refractivity contribution is 5.19. The molecule has 1 heterocycles. The van der Waals surface area contributed by atoms with Crippen LogP contribution in [0.4, 0.5) is 26.3 Å². The number of ether oxygens (including phenoxy) is 1. The second-order valence-electron chi connectivity index (χ2n) is 4.37. The van der Waals surface area contributed by atoms with Crippen LogP contribution in [0.2, 0.25) is 0 Å². The van der Waals surface area contributed by atoms with Gasteiger partial charge < -0.3 is 4.74 Å². The first-order valence-corrected chi connectivity index (χ1v) is 6.46. The van der Waals surface area contributed by atoms with Crippen molar-refractivity contribution in [3.05, 3.63) is 60.9 Å². The molecule has 0 saturated heterocycles. The lowest BCUT2D eigenvalue weighted by atomic mass is 9.98. The highest BCUT2D eigenvalue weighted by Gasteiger charge is 2.33. The van der Waals surface area contributed by atoms with Gasteiger partial charge in [0, 0.05) is 18.3 Å². The fourth-order valence-corrected chi connectivity index (χ4v) is 1.56. The van der Waals surface area contributed by atoms with Crippen LogP contribution in [-0.2, 0) is 10.9 Å². The smallest absolute Gasteiger partial charge is 0.414 e. The number of nitrogens with zero attached hydrogens (tertiary/aromatic N) is 2. The molecule has 1 aromatic rings. The summed E-state index contributed by atoms with van der Waals surface area (Å²) in [5.41, 5.74) is 0.304. The maximum atomic E-state index is 12.7. The largest absolute Gasteiger partial charge is 0.572 e. The number of hydrogen-bond donors (Lipinski definition) is 1. The van der Waals surface area contributed by atoms with Crippen LogP contribution in [0, 0.1) is 0 Å². The number of aromatic nitrogens is 3. The Kier molecular flexibility index (Phi) is 6.81. The summed E-state index contributed by atoms with van der Waals surface area (Å²) in [5, 5.41) is 5.09. The molecule has 1 N–H and O–H groups in total. The SMILES string of the molecule is C=CC(C/C=C/OC(F)(F)F)c1cccn[nH]c(C(F)(F)F)nc1. The van der Waals surface area contributed by atoms with E-state index in [4.69, 9.17) is 0 Å². The van der Waals surface area contributed by atoms with Gasteiger partial charge in [0.1, 0.15) is 0 Å². The minimum Gasteiger partial charge on any atom is -0.414 e. The van der Waals surface area contributed by atoms with Crippen LogP contribution in [0.15, 0.2) is 49.5 Å². The lowest BCUT2D eigenvalue weighted by Gasteiger charge is -2.09. The van der Waals surface area contributed by atoms with Gasteiger partial charge in [0.05, 0.1) is 6.26 Å². The Labute approximate surface area is 133 Å². The van der Waals surface area contributed by atoms with E-state index >= 15 is 0 Å². The minimum absolute atomic E-state index is 0.0250. The molecule has 1 rings (SSSR count). The molecule has 1 aromatic heterocycles. The Bertz CT molecular complexity index is 620. The molecular formula is C14H13F6N3O. The third-order valence-electron chi connectivity index (χ3n) is 2.63. The summed E-state index contributed by atoms with van der Waals surface area (Å²) >= 11 is 0. The molecule has 1 unspecified atom stereocenters. The lowest BCUT2D eigenvalue weighted by Crippen LogP contribution is -2.10. The van der Waals surface area contributed by atoms with Crippen molar-refractivity contribution in [2.24, 2.45) is 0 Å². The molecule has 10 heteroatoms. The Morgan fingerprint density at radius 3 is 2.54 bits per heavy atom. The molecule has 0 fully saturated rings. The maximum absolute atomic E-state index is 12.7. The molecule has 0 spiro atoms. The quantitative estimate of drug-likeness (QED) is 0.476. The van der Waals surface area contributed by atoms with E-state index in [1.54, 1.807) is 5.10 Å². The maximum Gasteiger partial charge on any atom is 0.572 e. The van der Waals surface area contributed by atoms with E-state index in [0.717, 1.165) is 18.5 Å². The Morgan fingerprint density at radius 2 is 1.96 bits per heavy atom. The molecule has 24 heavy (non-hydrogen) atoms. The molecule has 0 saturated carbocycles. The van der Waals surface area contributed by atoms with Gasteiger partial charge in [0.25, 0.3) is 0 Å². The Hall–Kier alpha value is -2.52. The van der Waals surface area contributed by atoms with Crippen molar-refractivity contribution in [2.45, 2.75) is 24.9 Å². The molecule has 0 bridgehead atoms. The molecule has 132 valence electrons. The van der Waals surface area contributed by atoms with E-state index in [2.05, 4.69) is 21.4 Å². The molecule has 0 radical (unpaired) electrons. The summed E-state index contributed by atoms with van der Waals surface area (Å²) in [6.45, 7) is 3.52. The molecular weight excluding hydrogens is 340 g/mol. The van der Waals surface area contributed by atoms with Gasteiger partial charge in [-0.2, -0.15) is 18.3 Å². The zero-order valence-electron chi connectivity index (χ0n) is 12.1.